The zero-order valence-corrected chi connectivity index (χ0v) is 10.3. The Morgan fingerprint density at radius 1 is 0.950 bits per heavy atom. The van der Waals surface area contributed by atoms with E-state index in [0.717, 1.165) is 21.8 Å². The highest BCUT2D eigenvalue weighted by atomic mass is 16.4. The van der Waals surface area contributed by atoms with Crippen LogP contribution in [0.1, 0.15) is 10.4 Å². The van der Waals surface area contributed by atoms with Gasteiger partial charge >= 0.3 is 5.97 Å². The lowest BCUT2D eigenvalue weighted by Gasteiger charge is -2.02. The van der Waals surface area contributed by atoms with E-state index in [2.05, 4.69) is 0 Å². The summed E-state index contributed by atoms with van der Waals surface area (Å²) in [6.45, 7) is 0. The number of hydrogen-bond donors (Lipinski definition) is 1. The summed E-state index contributed by atoms with van der Waals surface area (Å²) in [6, 6.07) is 13.1. The molecule has 0 saturated heterocycles. The summed E-state index contributed by atoms with van der Waals surface area (Å²) < 4.78 is 1.80. The van der Waals surface area contributed by atoms with E-state index in [4.69, 9.17) is 0 Å². The van der Waals surface area contributed by atoms with Crippen molar-refractivity contribution in [1.82, 2.24) is 4.40 Å². The molecule has 0 saturated carbocycles. The Hall–Kier alpha value is -2.88. The maximum Gasteiger partial charge on any atom is 0.341 e. The second kappa shape index (κ2) is 3.57. The van der Waals surface area contributed by atoms with Crippen molar-refractivity contribution in [1.29, 1.82) is 0 Å². The molecule has 4 aromatic rings. The van der Waals surface area contributed by atoms with Crippen molar-refractivity contribution >= 4 is 33.2 Å². The Bertz CT molecular complexity index is 1050. The molecule has 0 aliphatic heterocycles. The molecule has 0 unspecified atom stereocenters. The van der Waals surface area contributed by atoms with Gasteiger partial charge < -0.3 is 9.51 Å². The van der Waals surface area contributed by atoms with Crippen LogP contribution in [0.3, 0.4) is 0 Å². The van der Waals surface area contributed by atoms with Crippen LogP contribution >= 0.6 is 0 Å². The Morgan fingerprint density at radius 3 is 2.45 bits per heavy atom. The number of benzene rings is 2. The highest BCUT2D eigenvalue weighted by Crippen LogP contribution is 2.30. The number of carboxylic acids is 1. The number of nitrogens with zero attached hydrogens (tertiary/aromatic N) is 1. The molecule has 2 heterocycles. The largest absolute Gasteiger partial charge is 0.477 e. The van der Waals surface area contributed by atoms with E-state index in [0.29, 0.717) is 5.39 Å². The average Bonchev–Trinajstić information content (AvgIpc) is 2.78. The van der Waals surface area contributed by atoms with Crippen LogP contribution in [0.4, 0.5) is 0 Å². The van der Waals surface area contributed by atoms with Crippen molar-refractivity contribution in [2.75, 3.05) is 0 Å². The van der Waals surface area contributed by atoms with E-state index in [1.54, 1.807) is 16.5 Å². The van der Waals surface area contributed by atoms with E-state index in [9.17, 15) is 14.7 Å². The number of rotatable bonds is 1. The first-order valence-corrected chi connectivity index (χ1v) is 6.20. The molecule has 0 atom stereocenters. The highest BCUT2D eigenvalue weighted by Gasteiger charge is 2.17. The summed E-state index contributed by atoms with van der Waals surface area (Å²) in [4.78, 5) is 23.5. The van der Waals surface area contributed by atoms with E-state index in [1.807, 2.05) is 30.3 Å². The van der Waals surface area contributed by atoms with Gasteiger partial charge in [-0.05, 0) is 12.1 Å². The van der Waals surface area contributed by atoms with Crippen molar-refractivity contribution in [3.05, 3.63) is 64.4 Å². The van der Waals surface area contributed by atoms with Crippen LogP contribution in [-0.2, 0) is 0 Å². The van der Waals surface area contributed by atoms with E-state index in [-0.39, 0.29) is 5.56 Å². The molecule has 2 aromatic carbocycles. The molecular formula is C16H9NO3. The fourth-order valence-corrected chi connectivity index (χ4v) is 2.85. The van der Waals surface area contributed by atoms with Crippen LogP contribution in [0.2, 0.25) is 0 Å². The van der Waals surface area contributed by atoms with Crippen LogP contribution in [0, 0.1) is 0 Å². The van der Waals surface area contributed by atoms with Gasteiger partial charge in [0.1, 0.15) is 5.56 Å². The minimum atomic E-state index is -1.20. The zero-order valence-electron chi connectivity index (χ0n) is 10.3. The molecule has 4 rings (SSSR count). The third-order valence-corrected chi connectivity index (χ3v) is 3.71. The number of carboxylic acid groups (broad SMARTS) is 1. The van der Waals surface area contributed by atoms with Crippen molar-refractivity contribution < 1.29 is 9.90 Å². The minimum Gasteiger partial charge on any atom is -0.477 e. The second-order valence-electron chi connectivity index (χ2n) is 4.77. The maximum absolute atomic E-state index is 12.3. The van der Waals surface area contributed by atoms with Crippen molar-refractivity contribution in [2.45, 2.75) is 0 Å². The first-order valence-electron chi connectivity index (χ1n) is 6.20. The average molecular weight is 263 g/mol. The van der Waals surface area contributed by atoms with Gasteiger partial charge in [-0.2, -0.15) is 0 Å². The topological polar surface area (TPSA) is 58.8 Å². The van der Waals surface area contributed by atoms with Gasteiger partial charge in [0.25, 0.3) is 0 Å². The Kier molecular flexibility index (Phi) is 1.96. The van der Waals surface area contributed by atoms with E-state index < -0.39 is 11.4 Å². The monoisotopic (exact) mass is 263 g/mol. The first-order chi connectivity index (χ1) is 9.68. The van der Waals surface area contributed by atoms with Crippen molar-refractivity contribution in [3.63, 3.8) is 0 Å². The quantitative estimate of drug-likeness (QED) is 0.574. The molecule has 2 aromatic heterocycles. The molecule has 20 heavy (non-hydrogen) atoms. The van der Waals surface area contributed by atoms with E-state index in [1.165, 1.54) is 6.20 Å². The molecule has 1 N–H and O–H groups in total. The SMILES string of the molecule is O=C(O)c1cn2c3ccccc3c3cccc(c1=O)c32. The third-order valence-electron chi connectivity index (χ3n) is 3.71. The van der Waals surface area contributed by atoms with Gasteiger partial charge in [-0.25, -0.2) is 4.79 Å². The molecular weight excluding hydrogens is 254 g/mol. The summed E-state index contributed by atoms with van der Waals surface area (Å²) in [5.74, 6) is -1.20. The lowest BCUT2D eigenvalue weighted by Crippen LogP contribution is -2.16. The summed E-state index contributed by atoms with van der Waals surface area (Å²) in [5.41, 5.74) is 1.05. The van der Waals surface area contributed by atoms with Crippen LogP contribution in [0.15, 0.2) is 53.5 Å². The lowest BCUT2D eigenvalue weighted by molar-refractivity contribution is 0.0695. The lowest BCUT2D eigenvalue weighted by atomic mass is 10.1. The van der Waals surface area contributed by atoms with Crippen molar-refractivity contribution in [2.24, 2.45) is 0 Å². The van der Waals surface area contributed by atoms with Crippen LogP contribution in [0.25, 0.3) is 27.2 Å². The van der Waals surface area contributed by atoms with Gasteiger partial charge in [0.05, 0.1) is 11.0 Å². The molecule has 0 aliphatic rings. The van der Waals surface area contributed by atoms with Gasteiger partial charge in [-0.15, -0.1) is 0 Å². The molecule has 4 nitrogen and oxygen atoms in total. The fourth-order valence-electron chi connectivity index (χ4n) is 2.85. The number of hydrogen-bond acceptors (Lipinski definition) is 2. The minimum absolute atomic E-state index is 0.202. The van der Waals surface area contributed by atoms with Gasteiger partial charge in [0, 0.05) is 22.4 Å². The number of fused-ring (bicyclic) bond motifs is 3. The van der Waals surface area contributed by atoms with Crippen LogP contribution in [-0.4, -0.2) is 15.5 Å². The maximum atomic E-state index is 12.3. The summed E-state index contributed by atoms with van der Waals surface area (Å²) in [7, 11) is 0. The molecule has 0 spiro atoms. The molecule has 96 valence electrons. The molecule has 0 fully saturated rings. The smallest absolute Gasteiger partial charge is 0.341 e. The fraction of sp³-hybridized carbons (Fsp3) is 0. The number of aromatic carboxylic acids is 1. The molecule has 0 aliphatic carbocycles. The number of pyridine rings is 1. The summed E-state index contributed by atoms with van der Waals surface area (Å²) in [6.07, 6.45) is 1.42. The van der Waals surface area contributed by atoms with Gasteiger partial charge in [0.15, 0.2) is 0 Å². The van der Waals surface area contributed by atoms with Gasteiger partial charge in [0.2, 0.25) is 5.43 Å². The van der Waals surface area contributed by atoms with E-state index >= 15 is 0 Å². The molecule has 0 radical (unpaired) electrons. The van der Waals surface area contributed by atoms with Crippen molar-refractivity contribution in [3.8, 4) is 0 Å². The predicted molar refractivity (Wildman–Crippen MR) is 76.8 cm³/mol. The number of para-hydroxylation sites is 2. The highest BCUT2D eigenvalue weighted by molar-refractivity contribution is 6.14. The Labute approximate surface area is 112 Å². The van der Waals surface area contributed by atoms with Gasteiger partial charge in [-0.3, -0.25) is 4.79 Å². The predicted octanol–water partition coefficient (Wildman–Crippen LogP) is 2.74. The van der Waals surface area contributed by atoms with Crippen LogP contribution < -0.4 is 5.43 Å². The molecule has 0 bridgehead atoms. The van der Waals surface area contributed by atoms with Gasteiger partial charge in [-0.1, -0.05) is 30.3 Å². The first kappa shape index (κ1) is 11.0. The number of carbonyl (C=O) groups is 1. The standard InChI is InChI=1S/C16H9NO3/c18-15-11-6-3-5-10-9-4-1-2-7-13(9)17(14(10)11)8-12(15)16(19)20/h1-8H,(H,19,20). The summed E-state index contributed by atoms with van der Waals surface area (Å²) in [5, 5.41) is 11.6. The Morgan fingerprint density at radius 2 is 1.65 bits per heavy atom. The third kappa shape index (κ3) is 1.20. The van der Waals surface area contributed by atoms with Crippen LogP contribution in [0.5, 0.6) is 0 Å². The normalized spacial score (nSPS) is 11.6. The molecule has 4 heteroatoms. The molecule has 0 amide bonds. The Balaban J connectivity index is 2.43. The zero-order chi connectivity index (χ0) is 13.9. The summed E-state index contributed by atoms with van der Waals surface area (Å²) >= 11 is 0. The second-order valence-corrected chi connectivity index (χ2v) is 4.77. The number of aromatic nitrogens is 1.